The van der Waals surface area contributed by atoms with E-state index in [1.807, 2.05) is 11.3 Å². The highest BCUT2D eigenvalue weighted by atomic mass is 32.1. The minimum absolute atomic E-state index is 0.323. The Bertz CT molecular complexity index is 461. The number of rotatable bonds is 8. The van der Waals surface area contributed by atoms with Crippen LogP contribution in [0.2, 0.25) is 0 Å². The van der Waals surface area contributed by atoms with E-state index >= 15 is 0 Å². The minimum Gasteiger partial charge on any atom is -0.379 e. The van der Waals surface area contributed by atoms with Crippen LogP contribution in [-0.4, -0.2) is 19.8 Å². The summed E-state index contributed by atoms with van der Waals surface area (Å²) >= 11 is 1.87. The Balaban J connectivity index is 2.10. The number of fused-ring (bicyclic) bond motifs is 1. The predicted molar refractivity (Wildman–Crippen MR) is 84.0 cm³/mol. The second-order valence-corrected chi connectivity index (χ2v) is 5.88. The number of hydrogen-bond donors (Lipinski definition) is 1. The highest BCUT2D eigenvalue weighted by Gasteiger charge is 2.13. The minimum atomic E-state index is 0.323. The summed E-state index contributed by atoms with van der Waals surface area (Å²) in [6.45, 7) is 6.99. The first-order valence-electron chi connectivity index (χ1n) is 7.14. The third kappa shape index (κ3) is 4.03. The highest BCUT2D eigenvalue weighted by Crippen LogP contribution is 2.30. The zero-order valence-electron chi connectivity index (χ0n) is 11.8. The summed E-state index contributed by atoms with van der Waals surface area (Å²) in [6, 6.07) is 11.2. The van der Waals surface area contributed by atoms with Crippen molar-refractivity contribution in [2.75, 3.05) is 19.8 Å². The molecule has 2 rings (SSSR count). The Morgan fingerprint density at radius 3 is 2.79 bits per heavy atom. The van der Waals surface area contributed by atoms with Crippen LogP contribution in [0, 0.1) is 0 Å². The molecule has 2 nitrogen and oxygen atoms in total. The lowest BCUT2D eigenvalue weighted by Gasteiger charge is -2.17. The molecule has 19 heavy (non-hydrogen) atoms. The monoisotopic (exact) mass is 277 g/mol. The molecule has 0 saturated carbocycles. The van der Waals surface area contributed by atoms with Gasteiger partial charge < -0.3 is 10.1 Å². The quantitative estimate of drug-likeness (QED) is 0.723. The van der Waals surface area contributed by atoms with Gasteiger partial charge in [0.25, 0.3) is 0 Å². The molecule has 1 aromatic carbocycles. The van der Waals surface area contributed by atoms with Crippen molar-refractivity contribution < 1.29 is 4.74 Å². The normalized spacial score (nSPS) is 12.9. The molecule has 104 valence electrons. The van der Waals surface area contributed by atoms with Gasteiger partial charge in [-0.3, -0.25) is 0 Å². The second kappa shape index (κ2) is 7.63. The largest absolute Gasteiger partial charge is 0.379 e. The van der Waals surface area contributed by atoms with E-state index in [9.17, 15) is 0 Å². The summed E-state index contributed by atoms with van der Waals surface area (Å²) in [5.74, 6) is 0. The van der Waals surface area contributed by atoms with E-state index in [4.69, 9.17) is 4.74 Å². The van der Waals surface area contributed by atoms with Gasteiger partial charge in [0, 0.05) is 16.2 Å². The number of thiophene rings is 1. The van der Waals surface area contributed by atoms with Crippen molar-refractivity contribution in [3.63, 3.8) is 0 Å². The van der Waals surface area contributed by atoms with Gasteiger partial charge in [-0.15, -0.1) is 11.3 Å². The average molecular weight is 277 g/mol. The van der Waals surface area contributed by atoms with E-state index in [2.05, 4.69) is 49.5 Å². The third-order valence-corrected chi connectivity index (χ3v) is 4.29. The van der Waals surface area contributed by atoms with Crippen molar-refractivity contribution in [1.29, 1.82) is 0 Å². The van der Waals surface area contributed by atoms with Crippen molar-refractivity contribution in [2.45, 2.75) is 32.7 Å². The van der Waals surface area contributed by atoms with Gasteiger partial charge in [0.1, 0.15) is 0 Å². The zero-order valence-corrected chi connectivity index (χ0v) is 12.6. The van der Waals surface area contributed by atoms with E-state index in [1.54, 1.807) is 0 Å². The fraction of sp³-hybridized carbons (Fsp3) is 0.500. The van der Waals surface area contributed by atoms with Crippen LogP contribution in [-0.2, 0) is 4.74 Å². The number of ether oxygens (including phenoxy) is 1. The molecule has 0 aliphatic rings. The first kappa shape index (κ1) is 14.5. The summed E-state index contributed by atoms with van der Waals surface area (Å²) in [6.07, 6.45) is 2.22. The molecule has 1 unspecified atom stereocenters. The Morgan fingerprint density at radius 2 is 2.05 bits per heavy atom. The zero-order chi connectivity index (χ0) is 13.5. The van der Waals surface area contributed by atoms with E-state index in [1.165, 1.54) is 15.0 Å². The molecule has 1 N–H and O–H groups in total. The molecule has 2 aromatic rings. The van der Waals surface area contributed by atoms with Crippen LogP contribution in [0.3, 0.4) is 0 Å². The molecule has 1 aromatic heterocycles. The van der Waals surface area contributed by atoms with Gasteiger partial charge >= 0.3 is 0 Å². The molecule has 3 heteroatoms. The van der Waals surface area contributed by atoms with Crippen LogP contribution in [0.4, 0.5) is 0 Å². The van der Waals surface area contributed by atoms with Gasteiger partial charge in [-0.05, 0) is 36.9 Å². The SMILES string of the molecule is CCCNC(COCCC)c1cc2ccccc2s1. The van der Waals surface area contributed by atoms with Crippen molar-refractivity contribution in [1.82, 2.24) is 5.32 Å². The molecule has 0 fully saturated rings. The summed E-state index contributed by atoms with van der Waals surface area (Å²) in [5, 5.41) is 4.93. The van der Waals surface area contributed by atoms with Gasteiger partial charge in [0.2, 0.25) is 0 Å². The molecule has 1 heterocycles. The molecular weight excluding hydrogens is 254 g/mol. The first-order chi connectivity index (χ1) is 9.35. The van der Waals surface area contributed by atoms with Crippen LogP contribution in [0.25, 0.3) is 10.1 Å². The van der Waals surface area contributed by atoms with Gasteiger partial charge in [0.05, 0.1) is 12.6 Å². The molecule has 0 aliphatic carbocycles. The summed E-state index contributed by atoms with van der Waals surface area (Å²) < 4.78 is 7.09. The topological polar surface area (TPSA) is 21.3 Å². The van der Waals surface area contributed by atoms with Gasteiger partial charge in [-0.25, -0.2) is 0 Å². The fourth-order valence-corrected chi connectivity index (χ4v) is 3.20. The third-order valence-electron chi connectivity index (χ3n) is 3.06. The number of hydrogen-bond acceptors (Lipinski definition) is 3. The molecule has 0 radical (unpaired) electrons. The fourth-order valence-electron chi connectivity index (χ4n) is 2.08. The van der Waals surface area contributed by atoms with Gasteiger partial charge in [-0.1, -0.05) is 32.0 Å². The summed E-state index contributed by atoms with van der Waals surface area (Å²) in [7, 11) is 0. The maximum atomic E-state index is 5.74. The highest BCUT2D eigenvalue weighted by molar-refractivity contribution is 7.19. The molecule has 0 spiro atoms. The van der Waals surface area contributed by atoms with Gasteiger partial charge in [0.15, 0.2) is 0 Å². The first-order valence-corrected chi connectivity index (χ1v) is 7.96. The van der Waals surface area contributed by atoms with E-state index in [0.29, 0.717) is 6.04 Å². The molecule has 1 atom stereocenters. The standard InChI is InChI=1S/C16H23NOS/c1-3-9-17-14(12-18-10-4-2)16-11-13-7-5-6-8-15(13)19-16/h5-8,11,14,17H,3-4,9-10,12H2,1-2H3. The lowest BCUT2D eigenvalue weighted by atomic mass is 10.2. The molecule has 0 bridgehead atoms. The molecular formula is C16H23NOS. The Labute approximate surface area is 119 Å². The smallest absolute Gasteiger partial charge is 0.0669 e. The van der Waals surface area contributed by atoms with E-state index in [0.717, 1.165) is 32.6 Å². The van der Waals surface area contributed by atoms with Crippen LogP contribution >= 0.6 is 11.3 Å². The summed E-state index contributed by atoms with van der Waals surface area (Å²) in [5.41, 5.74) is 0. The summed E-state index contributed by atoms with van der Waals surface area (Å²) in [4.78, 5) is 1.38. The molecule has 0 saturated heterocycles. The number of nitrogens with one attached hydrogen (secondary N) is 1. The maximum absolute atomic E-state index is 5.74. The predicted octanol–water partition coefficient (Wildman–Crippen LogP) is 4.37. The number of benzene rings is 1. The molecule has 0 amide bonds. The van der Waals surface area contributed by atoms with Crippen LogP contribution < -0.4 is 5.32 Å². The van der Waals surface area contributed by atoms with Crippen LogP contribution in [0.15, 0.2) is 30.3 Å². The average Bonchev–Trinajstić information content (AvgIpc) is 2.86. The molecule has 0 aliphatic heterocycles. The van der Waals surface area contributed by atoms with E-state index in [-0.39, 0.29) is 0 Å². The Morgan fingerprint density at radius 1 is 1.21 bits per heavy atom. The van der Waals surface area contributed by atoms with Crippen LogP contribution in [0.1, 0.15) is 37.6 Å². The van der Waals surface area contributed by atoms with Crippen molar-refractivity contribution in [3.8, 4) is 0 Å². The van der Waals surface area contributed by atoms with Crippen molar-refractivity contribution in [2.24, 2.45) is 0 Å². The lowest BCUT2D eigenvalue weighted by Crippen LogP contribution is -2.25. The van der Waals surface area contributed by atoms with Crippen molar-refractivity contribution in [3.05, 3.63) is 35.2 Å². The van der Waals surface area contributed by atoms with E-state index < -0.39 is 0 Å². The van der Waals surface area contributed by atoms with Crippen LogP contribution in [0.5, 0.6) is 0 Å². The Kier molecular flexibility index (Phi) is 5.83. The second-order valence-electron chi connectivity index (χ2n) is 4.77. The van der Waals surface area contributed by atoms with Gasteiger partial charge in [-0.2, -0.15) is 0 Å². The lowest BCUT2D eigenvalue weighted by molar-refractivity contribution is 0.113. The Hall–Kier alpha value is -0.900. The maximum Gasteiger partial charge on any atom is 0.0669 e. The van der Waals surface area contributed by atoms with Crippen molar-refractivity contribution >= 4 is 21.4 Å².